The molecule has 1 atom stereocenters. The van der Waals surface area contributed by atoms with Gasteiger partial charge in [0, 0.05) is 11.1 Å². The molecule has 0 saturated carbocycles. The minimum absolute atomic E-state index is 0.0127. The van der Waals surface area contributed by atoms with Crippen LogP contribution in [0.2, 0.25) is 0 Å². The third-order valence-corrected chi connectivity index (χ3v) is 5.48. The molecule has 0 spiro atoms. The molecule has 34 heavy (non-hydrogen) atoms. The van der Waals surface area contributed by atoms with Crippen molar-refractivity contribution in [1.82, 2.24) is 0 Å². The second-order valence-corrected chi connectivity index (χ2v) is 8.41. The van der Waals surface area contributed by atoms with Crippen LogP contribution in [-0.4, -0.2) is 28.5 Å². The van der Waals surface area contributed by atoms with E-state index in [-0.39, 0.29) is 34.1 Å². The van der Waals surface area contributed by atoms with Crippen LogP contribution >= 0.6 is 0 Å². The highest BCUT2D eigenvalue weighted by atomic mass is 19.1. The summed E-state index contributed by atoms with van der Waals surface area (Å²) in [5.74, 6) is -2.58. The number of phenols is 1. The van der Waals surface area contributed by atoms with Crippen LogP contribution in [0.4, 0.5) is 10.1 Å². The number of hydrogen-bond acceptors (Lipinski definition) is 5. The summed E-state index contributed by atoms with van der Waals surface area (Å²) in [6, 6.07) is 16.9. The minimum atomic E-state index is -1.28. The van der Waals surface area contributed by atoms with E-state index in [0.29, 0.717) is 12.4 Å². The normalized spacial score (nSPS) is 17.4. The van der Waals surface area contributed by atoms with Crippen LogP contribution < -0.4 is 9.64 Å². The fourth-order valence-corrected chi connectivity index (χ4v) is 3.89. The Bertz CT molecular complexity index is 1280. The summed E-state index contributed by atoms with van der Waals surface area (Å²) in [5, 5.41) is 21.6. The third kappa shape index (κ3) is 4.24. The van der Waals surface area contributed by atoms with E-state index in [1.54, 1.807) is 42.5 Å². The van der Waals surface area contributed by atoms with E-state index in [4.69, 9.17) is 4.74 Å². The second kappa shape index (κ2) is 9.39. The zero-order valence-electron chi connectivity index (χ0n) is 18.7. The van der Waals surface area contributed by atoms with Crippen molar-refractivity contribution in [3.8, 4) is 11.5 Å². The molecule has 0 bridgehead atoms. The fraction of sp³-hybridized carbons (Fsp3) is 0.185. The Morgan fingerprint density at radius 1 is 1.03 bits per heavy atom. The Hall–Kier alpha value is -4.13. The van der Waals surface area contributed by atoms with Crippen LogP contribution in [0.1, 0.15) is 31.0 Å². The van der Waals surface area contributed by atoms with Crippen molar-refractivity contribution in [3.05, 3.63) is 95.3 Å². The highest BCUT2D eigenvalue weighted by Gasteiger charge is 2.48. The number of benzene rings is 3. The maximum absolute atomic E-state index is 14.9. The predicted molar refractivity (Wildman–Crippen MR) is 126 cm³/mol. The maximum atomic E-state index is 14.9. The molecule has 0 aromatic heterocycles. The number of carbonyl (C=O) groups is 2. The van der Waals surface area contributed by atoms with Gasteiger partial charge >= 0.3 is 0 Å². The Labute approximate surface area is 196 Å². The number of aromatic hydroxyl groups is 1. The molecule has 7 heteroatoms. The van der Waals surface area contributed by atoms with Crippen LogP contribution in [0.3, 0.4) is 0 Å². The Morgan fingerprint density at radius 3 is 2.44 bits per heavy atom. The second-order valence-electron chi connectivity index (χ2n) is 8.41. The van der Waals surface area contributed by atoms with Crippen LogP contribution in [0.15, 0.2) is 78.4 Å². The molecular weight excluding hydrogens is 437 g/mol. The summed E-state index contributed by atoms with van der Waals surface area (Å²) in [7, 11) is 0. The molecule has 1 saturated heterocycles. The van der Waals surface area contributed by atoms with Gasteiger partial charge in [-0.3, -0.25) is 14.5 Å². The van der Waals surface area contributed by atoms with E-state index < -0.39 is 29.3 Å². The van der Waals surface area contributed by atoms with Crippen LogP contribution in [0.25, 0.3) is 5.76 Å². The molecule has 1 aliphatic heterocycles. The first-order chi connectivity index (χ1) is 16.3. The minimum Gasteiger partial charge on any atom is -0.507 e. The number of aliphatic hydroxyl groups is 1. The monoisotopic (exact) mass is 461 g/mol. The van der Waals surface area contributed by atoms with Crippen LogP contribution in [0, 0.1) is 11.7 Å². The van der Waals surface area contributed by atoms with Gasteiger partial charge in [0.05, 0.1) is 23.9 Å². The van der Waals surface area contributed by atoms with Gasteiger partial charge in [-0.25, -0.2) is 4.39 Å². The van der Waals surface area contributed by atoms with Crippen molar-refractivity contribution in [2.75, 3.05) is 11.5 Å². The molecule has 1 amide bonds. The molecule has 6 nitrogen and oxygen atoms in total. The van der Waals surface area contributed by atoms with Gasteiger partial charge in [0.1, 0.15) is 23.1 Å². The topological polar surface area (TPSA) is 87.1 Å². The lowest BCUT2D eigenvalue weighted by atomic mass is 9.94. The number of ketones is 1. The number of hydrogen-bond donors (Lipinski definition) is 2. The Morgan fingerprint density at radius 2 is 1.74 bits per heavy atom. The van der Waals surface area contributed by atoms with Gasteiger partial charge in [0.15, 0.2) is 0 Å². The lowest BCUT2D eigenvalue weighted by Gasteiger charge is -2.26. The molecule has 4 rings (SSSR count). The third-order valence-electron chi connectivity index (χ3n) is 5.48. The SMILES string of the molecule is CC(C)COc1cccc(/C(O)=C2\C(=O)C(=O)N(c3ccccc3O)C2c2ccccc2F)c1. The summed E-state index contributed by atoms with van der Waals surface area (Å²) in [5.41, 5.74) is 0.0156. The Balaban J connectivity index is 1.90. The molecule has 1 unspecified atom stereocenters. The zero-order valence-corrected chi connectivity index (χ0v) is 18.7. The maximum Gasteiger partial charge on any atom is 0.300 e. The van der Waals surface area contributed by atoms with E-state index in [2.05, 4.69) is 0 Å². The first kappa shape index (κ1) is 23.0. The number of nitrogens with zero attached hydrogens (tertiary/aromatic N) is 1. The average Bonchev–Trinajstić information content (AvgIpc) is 3.08. The molecular formula is C27H24FNO5. The fourth-order valence-electron chi connectivity index (χ4n) is 3.89. The van der Waals surface area contributed by atoms with E-state index in [1.165, 1.54) is 30.3 Å². The number of ether oxygens (including phenoxy) is 1. The summed E-state index contributed by atoms with van der Waals surface area (Å²) in [4.78, 5) is 27.3. The molecule has 1 heterocycles. The van der Waals surface area contributed by atoms with Crippen molar-refractivity contribution < 1.29 is 28.9 Å². The summed E-state index contributed by atoms with van der Waals surface area (Å²) in [6.45, 7) is 4.45. The largest absolute Gasteiger partial charge is 0.507 e. The summed E-state index contributed by atoms with van der Waals surface area (Å²) < 4.78 is 20.6. The molecule has 2 N–H and O–H groups in total. The number of rotatable bonds is 6. The lowest BCUT2D eigenvalue weighted by Crippen LogP contribution is -2.29. The first-order valence-corrected chi connectivity index (χ1v) is 10.9. The van der Waals surface area contributed by atoms with Crippen LogP contribution in [0.5, 0.6) is 11.5 Å². The molecule has 1 fully saturated rings. The van der Waals surface area contributed by atoms with Gasteiger partial charge in [-0.1, -0.05) is 56.3 Å². The number of amides is 1. The molecule has 3 aromatic rings. The van der Waals surface area contributed by atoms with E-state index >= 15 is 0 Å². The number of carbonyl (C=O) groups excluding carboxylic acids is 2. The van der Waals surface area contributed by atoms with E-state index in [9.17, 15) is 24.2 Å². The van der Waals surface area contributed by atoms with Gasteiger partial charge in [-0.15, -0.1) is 0 Å². The van der Waals surface area contributed by atoms with Crippen molar-refractivity contribution in [2.45, 2.75) is 19.9 Å². The number of halogens is 1. The average molecular weight is 461 g/mol. The first-order valence-electron chi connectivity index (χ1n) is 10.9. The standard InChI is InChI=1S/C27H24FNO5/c1-16(2)15-34-18-9-7-8-17(14-18)25(31)23-24(19-10-3-4-11-20(19)28)29(27(33)26(23)32)21-12-5-6-13-22(21)30/h3-14,16,24,30-31H,15H2,1-2H3/b25-23+. The summed E-state index contributed by atoms with van der Waals surface area (Å²) >= 11 is 0. The smallest absolute Gasteiger partial charge is 0.300 e. The highest BCUT2D eigenvalue weighted by molar-refractivity contribution is 6.51. The van der Waals surface area contributed by atoms with Crippen molar-refractivity contribution >= 4 is 23.1 Å². The number of para-hydroxylation sites is 2. The summed E-state index contributed by atoms with van der Waals surface area (Å²) in [6.07, 6.45) is 0. The molecule has 0 aliphatic carbocycles. The number of phenolic OH excluding ortho intramolecular Hbond substituents is 1. The van der Waals surface area contributed by atoms with Crippen LogP contribution in [-0.2, 0) is 9.59 Å². The predicted octanol–water partition coefficient (Wildman–Crippen LogP) is 5.19. The van der Waals surface area contributed by atoms with Gasteiger partial charge < -0.3 is 14.9 Å². The number of Topliss-reactive ketones (excluding diaryl/α,β-unsaturated/α-hetero) is 1. The molecule has 0 radical (unpaired) electrons. The van der Waals surface area contributed by atoms with Crippen molar-refractivity contribution in [2.24, 2.45) is 5.92 Å². The van der Waals surface area contributed by atoms with Crippen molar-refractivity contribution in [1.29, 1.82) is 0 Å². The lowest BCUT2D eigenvalue weighted by molar-refractivity contribution is -0.132. The number of aliphatic hydroxyl groups excluding tert-OH is 1. The van der Waals surface area contributed by atoms with Gasteiger partial charge in [0.25, 0.3) is 11.7 Å². The Kier molecular flexibility index (Phi) is 6.36. The zero-order chi connectivity index (χ0) is 24.4. The molecule has 3 aromatic carbocycles. The molecule has 174 valence electrons. The van der Waals surface area contributed by atoms with Crippen molar-refractivity contribution in [3.63, 3.8) is 0 Å². The van der Waals surface area contributed by atoms with E-state index in [0.717, 1.165) is 4.90 Å². The highest BCUT2D eigenvalue weighted by Crippen LogP contribution is 2.45. The van der Waals surface area contributed by atoms with Gasteiger partial charge in [0.2, 0.25) is 0 Å². The van der Waals surface area contributed by atoms with Gasteiger partial charge in [-0.2, -0.15) is 0 Å². The molecule has 1 aliphatic rings. The van der Waals surface area contributed by atoms with E-state index in [1.807, 2.05) is 13.8 Å². The quantitative estimate of drug-likeness (QED) is 0.300. The number of anilines is 1. The van der Waals surface area contributed by atoms with Gasteiger partial charge in [-0.05, 0) is 36.2 Å².